The van der Waals surface area contributed by atoms with Gasteiger partial charge in [0.1, 0.15) is 48.8 Å². The fraction of sp³-hybridized carbons (Fsp3) is 0.981. The third kappa shape index (κ3) is 26.3. The fourth-order valence-electron chi connectivity index (χ4n) is 9.38. The van der Waals surface area contributed by atoms with Crippen molar-refractivity contribution in [3.8, 4) is 0 Å². The predicted molar refractivity (Wildman–Crippen MR) is 259 cm³/mol. The second kappa shape index (κ2) is 39.7. The van der Waals surface area contributed by atoms with Crippen molar-refractivity contribution in [2.45, 2.75) is 306 Å². The Morgan fingerprint density at radius 2 is 0.848 bits per heavy atom. The topological polar surface area (TPSA) is 228 Å². The molecule has 0 saturated carbocycles. The largest absolute Gasteiger partial charge is 0.394 e. The molecule has 0 aromatic rings. The molecule has 2 rings (SSSR count). The van der Waals surface area contributed by atoms with Gasteiger partial charge in [-0.2, -0.15) is 0 Å². The Balaban J connectivity index is 1.45. The summed E-state index contributed by atoms with van der Waals surface area (Å²) in [6, 6.07) is -0.820. The van der Waals surface area contributed by atoms with E-state index in [0.717, 1.165) is 25.7 Å². The molecule has 9 N–H and O–H groups in total. The van der Waals surface area contributed by atoms with Crippen molar-refractivity contribution in [3.63, 3.8) is 0 Å². The molecule has 2 aliphatic rings. The molecule has 66 heavy (non-hydrogen) atoms. The van der Waals surface area contributed by atoms with Crippen LogP contribution < -0.4 is 5.32 Å². The molecule has 0 bridgehead atoms. The third-order valence-corrected chi connectivity index (χ3v) is 13.9. The molecule has 14 nitrogen and oxygen atoms in total. The zero-order valence-corrected chi connectivity index (χ0v) is 41.7. The minimum atomic E-state index is -1.78. The average molecular weight is 948 g/mol. The van der Waals surface area contributed by atoms with E-state index in [1.807, 2.05) is 0 Å². The highest BCUT2D eigenvalue weighted by Gasteiger charge is 2.51. The van der Waals surface area contributed by atoms with Gasteiger partial charge in [0.25, 0.3) is 0 Å². The highest BCUT2D eigenvalue weighted by Crippen LogP contribution is 2.30. The van der Waals surface area contributed by atoms with E-state index >= 15 is 0 Å². The van der Waals surface area contributed by atoms with E-state index in [0.29, 0.717) is 6.42 Å². The van der Waals surface area contributed by atoms with Crippen LogP contribution in [0.5, 0.6) is 0 Å². The zero-order valence-electron chi connectivity index (χ0n) is 41.7. The molecule has 0 radical (unpaired) electrons. The van der Waals surface area contributed by atoms with Crippen molar-refractivity contribution in [1.82, 2.24) is 5.32 Å². The number of aliphatic hydroxyl groups is 8. The number of aliphatic hydroxyl groups excluding tert-OH is 8. The molecule has 2 heterocycles. The lowest BCUT2D eigenvalue weighted by atomic mass is 9.97. The maximum atomic E-state index is 12.3. The second-order valence-electron chi connectivity index (χ2n) is 19.7. The second-order valence-corrected chi connectivity index (χ2v) is 19.7. The van der Waals surface area contributed by atoms with Crippen molar-refractivity contribution in [2.24, 2.45) is 0 Å². The number of amides is 1. The molecule has 0 aromatic heterocycles. The van der Waals surface area contributed by atoms with Crippen LogP contribution in [0.3, 0.4) is 0 Å². The van der Waals surface area contributed by atoms with Gasteiger partial charge in [0.05, 0.1) is 32.0 Å². The highest BCUT2D eigenvalue weighted by molar-refractivity contribution is 5.75. The SMILES string of the molecule is CCCCCCCCCCCCCCCCCCCCCCCCCCCCCCCCCCC(O)C(COC1OC(CO)C(OC2OC(CO)C(O)C(O)C2O)C(O)C1O)NC(=O)CC. The van der Waals surface area contributed by atoms with Crippen LogP contribution in [0.2, 0.25) is 0 Å². The monoisotopic (exact) mass is 948 g/mol. The molecule has 2 saturated heterocycles. The van der Waals surface area contributed by atoms with Crippen LogP contribution in [-0.2, 0) is 23.7 Å². The summed E-state index contributed by atoms with van der Waals surface area (Å²) < 4.78 is 22.4. The summed E-state index contributed by atoms with van der Waals surface area (Å²) in [5, 5.41) is 85.7. The first-order valence-electron chi connectivity index (χ1n) is 27.3. The number of hydrogen-bond acceptors (Lipinski definition) is 13. The summed E-state index contributed by atoms with van der Waals surface area (Å²) in [7, 11) is 0. The van der Waals surface area contributed by atoms with Crippen molar-refractivity contribution in [2.75, 3.05) is 19.8 Å². The molecule has 2 aliphatic heterocycles. The van der Waals surface area contributed by atoms with Gasteiger partial charge in [-0.25, -0.2) is 0 Å². The Morgan fingerprint density at radius 3 is 1.23 bits per heavy atom. The quantitative estimate of drug-likeness (QED) is 0.0267. The van der Waals surface area contributed by atoms with Crippen LogP contribution in [0.4, 0.5) is 0 Å². The Hall–Kier alpha value is -1.01. The number of carbonyl (C=O) groups excluding carboxylic acids is 1. The fourth-order valence-corrected chi connectivity index (χ4v) is 9.38. The van der Waals surface area contributed by atoms with E-state index in [2.05, 4.69) is 12.2 Å². The molecule has 12 atom stereocenters. The number of nitrogens with one attached hydrogen (secondary N) is 1. The van der Waals surface area contributed by atoms with Crippen LogP contribution in [0, 0.1) is 0 Å². The van der Waals surface area contributed by atoms with Gasteiger partial charge in [-0.05, 0) is 6.42 Å². The lowest BCUT2D eigenvalue weighted by Crippen LogP contribution is -2.65. The smallest absolute Gasteiger partial charge is 0.220 e. The summed E-state index contributed by atoms with van der Waals surface area (Å²) in [4.78, 5) is 12.3. The van der Waals surface area contributed by atoms with Gasteiger partial charge >= 0.3 is 0 Å². The molecule has 2 fully saturated rings. The summed E-state index contributed by atoms with van der Waals surface area (Å²) in [6.07, 6.45) is 27.0. The van der Waals surface area contributed by atoms with Crippen LogP contribution in [0.1, 0.15) is 232 Å². The number of hydrogen-bond donors (Lipinski definition) is 9. The zero-order chi connectivity index (χ0) is 48.2. The third-order valence-electron chi connectivity index (χ3n) is 13.9. The van der Waals surface area contributed by atoms with Gasteiger partial charge < -0.3 is 65.1 Å². The van der Waals surface area contributed by atoms with E-state index in [1.165, 1.54) is 180 Å². The average Bonchev–Trinajstić information content (AvgIpc) is 3.32. The van der Waals surface area contributed by atoms with Crippen molar-refractivity contribution >= 4 is 5.91 Å². The van der Waals surface area contributed by atoms with Gasteiger partial charge in [0.2, 0.25) is 5.91 Å². The number of unbranched alkanes of at least 4 members (excludes halogenated alkanes) is 31. The van der Waals surface area contributed by atoms with E-state index < -0.39 is 86.8 Å². The van der Waals surface area contributed by atoms with Crippen LogP contribution >= 0.6 is 0 Å². The van der Waals surface area contributed by atoms with Crippen LogP contribution in [0.25, 0.3) is 0 Å². The summed E-state index contributed by atoms with van der Waals surface area (Å²) >= 11 is 0. The molecule has 1 amide bonds. The summed E-state index contributed by atoms with van der Waals surface area (Å²) in [5.74, 6) is -0.292. The minimum absolute atomic E-state index is 0.188. The number of rotatable bonds is 43. The molecular formula is C52H101NO13. The Labute approximate surface area is 400 Å². The van der Waals surface area contributed by atoms with Crippen LogP contribution in [0.15, 0.2) is 0 Å². The first-order valence-corrected chi connectivity index (χ1v) is 27.3. The van der Waals surface area contributed by atoms with E-state index in [-0.39, 0.29) is 18.9 Å². The minimum Gasteiger partial charge on any atom is -0.394 e. The summed E-state index contributed by atoms with van der Waals surface area (Å²) in [6.45, 7) is 2.33. The van der Waals surface area contributed by atoms with Gasteiger partial charge in [-0.15, -0.1) is 0 Å². The lowest BCUT2D eigenvalue weighted by molar-refractivity contribution is -0.359. The Morgan fingerprint density at radius 1 is 0.485 bits per heavy atom. The molecule has 0 spiro atoms. The first kappa shape index (κ1) is 61.1. The normalized spacial score (nSPS) is 26.7. The maximum absolute atomic E-state index is 12.3. The van der Waals surface area contributed by atoms with Crippen molar-refractivity contribution in [1.29, 1.82) is 0 Å². The van der Waals surface area contributed by atoms with Gasteiger partial charge in [-0.3, -0.25) is 4.79 Å². The number of ether oxygens (including phenoxy) is 4. The lowest BCUT2D eigenvalue weighted by Gasteiger charge is -2.46. The Kier molecular flexibility index (Phi) is 36.7. The van der Waals surface area contributed by atoms with Crippen LogP contribution in [-0.4, -0.2) is 140 Å². The van der Waals surface area contributed by atoms with E-state index in [4.69, 9.17) is 18.9 Å². The van der Waals surface area contributed by atoms with Gasteiger partial charge in [0.15, 0.2) is 12.6 Å². The number of carbonyl (C=O) groups is 1. The molecule has 14 heteroatoms. The van der Waals surface area contributed by atoms with Crippen molar-refractivity contribution in [3.05, 3.63) is 0 Å². The maximum Gasteiger partial charge on any atom is 0.220 e. The van der Waals surface area contributed by atoms with E-state index in [1.54, 1.807) is 6.92 Å². The standard InChI is InChI=1S/C52H101NO13/c1-3-5-6-7-8-9-10-11-12-13-14-15-16-17-18-19-20-21-22-23-24-25-26-27-28-29-30-31-32-33-34-35-36-41(56)40(53-44(57)4-2)39-63-51-49(62)47(60)50(43(38-55)65-51)66-52-48(61)46(59)45(58)42(37-54)64-52/h40-43,45-52,54-56,58-62H,3-39H2,1-2H3,(H,53,57). The predicted octanol–water partition coefficient (Wildman–Crippen LogP) is 7.78. The molecule has 12 unspecified atom stereocenters. The highest BCUT2D eigenvalue weighted by atomic mass is 16.7. The Bertz CT molecular complexity index is 1120. The van der Waals surface area contributed by atoms with E-state index in [9.17, 15) is 45.6 Å². The first-order chi connectivity index (χ1) is 32.1. The summed E-state index contributed by atoms with van der Waals surface area (Å²) in [5.41, 5.74) is 0. The van der Waals surface area contributed by atoms with Crippen molar-refractivity contribution < 1.29 is 64.6 Å². The molecular weight excluding hydrogens is 847 g/mol. The van der Waals surface area contributed by atoms with Gasteiger partial charge in [-0.1, -0.05) is 219 Å². The molecule has 392 valence electrons. The molecule has 0 aliphatic carbocycles. The van der Waals surface area contributed by atoms with Gasteiger partial charge in [0, 0.05) is 6.42 Å². The molecule has 0 aromatic carbocycles.